The Bertz CT molecular complexity index is 421. The minimum absolute atomic E-state index is 0.0729. The highest BCUT2D eigenvalue weighted by Crippen LogP contribution is 2.04. The standard InChI is InChI=1S/C11H17FN2O7S/c12-3-4-22-5-7(10(19)20)14-11(21)13-6(9(17)18)1-2-8(15)16/h6-7H,1-5H2,(H,15,16)(H,17,18)(H,19,20)(H2,13,14,21)/t6-,7-/m0/s1. The molecule has 0 spiro atoms. The molecule has 0 aliphatic heterocycles. The van der Waals surface area contributed by atoms with E-state index < -0.39 is 49.1 Å². The Morgan fingerprint density at radius 2 is 1.55 bits per heavy atom. The summed E-state index contributed by atoms with van der Waals surface area (Å²) in [6, 6.07) is -3.82. The second-order valence-corrected chi connectivity index (χ2v) is 5.25. The SMILES string of the molecule is O=C(O)CC[C@H](NC(=O)N[C@@H](CSCCF)C(=O)O)C(=O)O. The third-order valence-electron chi connectivity index (χ3n) is 2.36. The van der Waals surface area contributed by atoms with Gasteiger partial charge in [0, 0.05) is 17.9 Å². The van der Waals surface area contributed by atoms with Gasteiger partial charge in [0.15, 0.2) is 0 Å². The third kappa shape index (κ3) is 9.00. The minimum Gasteiger partial charge on any atom is -0.481 e. The van der Waals surface area contributed by atoms with Crippen LogP contribution in [0.4, 0.5) is 9.18 Å². The van der Waals surface area contributed by atoms with Crippen LogP contribution in [0.5, 0.6) is 0 Å². The van der Waals surface area contributed by atoms with Crippen LogP contribution >= 0.6 is 11.8 Å². The van der Waals surface area contributed by atoms with Crippen molar-refractivity contribution < 1.29 is 38.9 Å². The van der Waals surface area contributed by atoms with Gasteiger partial charge in [-0.25, -0.2) is 14.4 Å². The zero-order valence-electron chi connectivity index (χ0n) is 11.5. The van der Waals surface area contributed by atoms with Gasteiger partial charge in [0.1, 0.15) is 12.1 Å². The maximum absolute atomic E-state index is 11.9. The van der Waals surface area contributed by atoms with Gasteiger partial charge in [0.2, 0.25) is 0 Å². The van der Waals surface area contributed by atoms with Gasteiger partial charge in [0.25, 0.3) is 0 Å². The van der Waals surface area contributed by atoms with E-state index in [0.717, 1.165) is 11.8 Å². The highest BCUT2D eigenvalue weighted by Gasteiger charge is 2.24. The quantitative estimate of drug-likeness (QED) is 0.323. The first kappa shape index (κ1) is 20.0. The molecule has 0 aromatic carbocycles. The van der Waals surface area contributed by atoms with Crippen LogP contribution < -0.4 is 10.6 Å². The Balaban J connectivity index is 4.47. The summed E-state index contributed by atoms with van der Waals surface area (Å²) in [4.78, 5) is 43.8. The molecular formula is C11H17FN2O7S. The molecule has 9 nitrogen and oxygen atoms in total. The first-order chi connectivity index (χ1) is 10.3. The molecule has 0 rings (SSSR count). The number of aliphatic carboxylic acids is 3. The van der Waals surface area contributed by atoms with E-state index in [-0.39, 0.29) is 17.9 Å². The molecule has 11 heteroatoms. The van der Waals surface area contributed by atoms with E-state index in [1.165, 1.54) is 0 Å². The number of carboxylic acids is 3. The number of nitrogens with one attached hydrogen (secondary N) is 2. The predicted octanol–water partition coefficient (Wildman–Crippen LogP) is -0.240. The molecule has 0 bridgehead atoms. The van der Waals surface area contributed by atoms with Gasteiger partial charge in [-0.2, -0.15) is 11.8 Å². The summed E-state index contributed by atoms with van der Waals surface area (Å²) >= 11 is 0.979. The zero-order valence-corrected chi connectivity index (χ0v) is 12.3. The van der Waals surface area contributed by atoms with Crippen molar-refractivity contribution >= 4 is 35.7 Å². The number of carbonyl (C=O) groups excluding carboxylic acids is 1. The lowest BCUT2D eigenvalue weighted by molar-refractivity contribution is -0.140. The summed E-state index contributed by atoms with van der Waals surface area (Å²) in [5.41, 5.74) is 0. The lowest BCUT2D eigenvalue weighted by atomic mass is 10.1. The molecule has 22 heavy (non-hydrogen) atoms. The van der Waals surface area contributed by atoms with Crippen molar-refractivity contribution in [1.29, 1.82) is 0 Å². The third-order valence-corrected chi connectivity index (χ3v) is 3.37. The highest BCUT2D eigenvalue weighted by molar-refractivity contribution is 7.99. The normalized spacial score (nSPS) is 13.0. The average Bonchev–Trinajstić information content (AvgIpc) is 2.41. The number of alkyl halides is 1. The number of hydrogen-bond donors (Lipinski definition) is 5. The van der Waals surface area contributed by atoms with Crippen LogP contribution in [0.25, 0.3) is 0 Å². The van der Waals surface area contributed by atoms with E-state index in [0.29, 0.717) is 0 Å². The van der Waals surface area contributed by atoms with Crippen molar-refractivity contribution in [3.8, 4) is 0 Å². The molecule has 0 aromatic heterocycles. The van der Waals surface area contributed by atoms with Crippen molar-refractivity contribution in [2.45, 2.75) is 24.9 Å². The lowest BCUT2D eigenvalue weighted by Gasteiger charge is -2.18. The first-order valence-corrected chi connectivity index (χ1v) is 7.31. The van der Waals surface area contributed by atoms with E-state index in [1.807, 2.05) is 10.6 Å². The smallest absolute Gasteiger partial charge is 0.327 e. The van der Waals surface area contributed by atoms with Crippen LogP contribution in [-0.4, -0.2) is 69.5 Å². The number of amides is 2. The summed E-state index contributed by atoms with van der Waals surface area (Å²) in [6.45, 7) is -0.639. The van der Waals surface area contributed by atoms with Crippen molar-refractivity contribution in [2.75, 3.05) is 18.2 Å². The molecule has 0 saturated heterocycles. The number of thioether (sulfide) groups is 1. The number of halogens is 1. The Hall–Kier alpha value is -2.04. The Labute approximate surface area is 129 Å². The summed E-state index contributed by atoms with van der Waals surface area (Å²) in [6.07, 6.45) is -0.807. The van der Waals surface area contributed by atoms with Crippen LogP contribution in [0, 0.1) is 0 Å². The van der Waals surface area contributed by atoms with E-state index in [9.17, 15) is 23.6 Å². The number of rotatable bonds is 11. The van der Waals surface area contributed by atoms with Gasteiger partial charge in [-0.05, 0) is 6.42 Å². The van der Waals surface area contributed by atoms with Gasteiger partial charge in [-0.1, -0.05) is 0 Å². The summed E-state index contributed by atoms with van der Waals surface area (Å²) in [5.74, 6) is -4.02. The molecule has 0 saturated carbocycles. The van der Waals surface area contributed by atoms with Crippen LogP contribution in [-0.2, 0) is 14.4 Å². The van der Waals surface area contributed by atoms with Crippen molar-refractivity contribution in [1.82, 2.24) is 10.6 Å². The molecule has 0 unspecified atom stereocenters. The fourth-order valence-corrected chi connectivity index (χ4v) is 2.05. The summed E-state index contributed by atoms with van der Waals surface area (Å²) in [5, 5.41) is 30.3. The molecule has 0 heterocycles. The van der Waals surface area contributed by atoms with Gasteiger partial charge < -0.3 is 26.0 Å². The van der Waals surface area contributed by atoms with E-state index >= 15 is 0 Å². The molecule has 0 aliphatic rings. The number of carboxylic acid groups (broad SMARTS) is 3. The maximum atomic E-state index is 11.9. The Kier molecular flexibility index (Phi) is 9.67. The first-order valence-electron chi connectivity index (χ1n) is 6.16. The lowest BCUT2D eigenvalue weighted by Crippen LogP contribution is -2.52. The van der Waals surface area contributed by atoms with E-state index in [2.05, 4.69) is 0 Å². The Morgan fingerprint density at radius 3 is 2.00 bits per heavy atom. The maximum Gasteiger partial charge on any atom is 0.327 e. The van der Waals surface area contributed by atoms with Crippen molar-refractivity contribution in [2.24, 2.45) is 0 Å². The number of carbonyl (C=O) groups is 4. The molecule has 0 aliphatic carbocycles. The second kappa shape index (κ2) is 10.7. The fourth-order valence-electron chi connectivity index (χ4n) is 1.31. The fraction of sp³-hybridized carbons (Fsp3) is 0.636. The second-order valence-electron chi connectivity index (χ2n) is 4.10. The molecule has 0 fully saturated rings. The summed E-state index contributed by atoms with van der Waals surface area (Å²) in [7, 11) is 0. The molecule has 126 valence electrons. The van der Waals surface area contributed by atoms with Gasteiger partial charge in [0.05, 0.1) is 6.67 Å². The Morgan fingerprint density at radius 1 is 1.00 bits per heavy atom. The molecular weight excluding hydrogens is 323 g/mol. The van der Waals surface area contributed by atoms with Crippen molar-refractivity contribution in [3.05, 3.63) is 0 Å². The van der Waals surface area contributed by atoms with E-state index in [1.54, 1.807) is 0 Å². The monoisotopic (exact) mass is 340 g/mol. The largest absolute Gasteiger partial charge is 0.481 e. The summed E-state index contributed by atoms with van der Waals surface area (Å²) < 4.78 is 11.9. The van der Waals surface area contributed by atoms with E-state index in [4.69, 9.17) is 15.3 Å². The van der Waals surface area contributed by atoms with Crippen LogP contribution in [0.1, 0.15) is 12.8 Å². The minimum atomic E-state index is -1.45. The predicted molar refractivity (Wildman–Crippen MR) is 74.7 cm³/mol. The topological polar surface area (TPSA) is 153 Å². The van der Waals surface area contributed by atoms with Crippen molar-refractivity contribution in [3.63, 3.8) is 0 Å². The number of hydrogen-bond acceptors (Lipinski definition) is 5. The molecule has 0 aromatic rings. The van der Waals surface area contributed by atoms with Crippen LogP contribution in [0.2, 0.25) is 0 Å². The molecule has 0 radical (unpaired) electrons. The van der Waals surface area contributed by atoms with Gasteiger partial charge in [-0.15, -0.1) is 0 Å². The average molecular weight is 340 g/mol. The van der Waals surface area contributed by atoms with Gasteiger partial charge in [-0.3, -0.25) is 9.18 Å². The molecule has 2 amide bonds. The van der Waals surface area contributed by atoms with Crippen LogP contribution in [0.15, 0.2) is 0 Å². The van der Waals surface area contributed by atoms with Crippen LogP contribution in [0.3, 0.4) is 0 Å². The number of urea groups is 1. The molecule has 2 atom stereocenters. The zero-order chi connectivity index (χ0) is 17.1. The molecule has 5 N–H and O–H groups in total. The highest BCUT2D eigenvalue weighted by atomic mass is 32.2. The van der Waals surface area contributed by atoms with Gasteiger partial charge >= 0.3 is 23.9 Å².